The zero-order chi connectivity index (χ0) is 19.3. The monoisotopic (exact) mass is 366 g/mol. The van der Waals surface area contributed by atoms with Crippen molar-refractivity contribution in [2.75, 3.05) is 31.9 Å². The number of nitrogens with one attached hydrogen (secondary N) is 1. The average Bonchev–Trinajstić information content (AvgIpc) is 2.58. The Morgan fingerprint density at radius 1 is 1.42 bits per heavy atom. The molecule has 1 heterocycles. The number of benzene rings is 1. The molecule has 1 aromatic rings. The van der Waals surface area contributed by atoms with Crippen molar-refractivity contribution in [2.45, 2.75) is 32.8 Å². The van der Waals surface area contributed by atoms with E-state index in [1.165, 1.54) is 13.2 Å². The number of hydrogen-bond donors (Lipinski definition) is 2. The molecule has 144 valence electrons. The first-order valence-corrected chi connectivity index (χ1v) is 8.62. The van der Waals surface area contributed by atoms with E-state index in [-0.39, 0.29) is 31.3 Å². The molecule has 0 saturated carbocycles. The first kappa shape index (κ1) is 20.2. The Labute approximate surface area is 153 Å². The quantitative estimate of drug-likeness (QED) is 0.810. The summed E-state index contributed by atoms with van der Waals surface area (Å²) in [7, 11) is 1.53. The van der Waals surface area contributed by atoms with Gasteiger partial charge in [0.1, 0.15) is 11.4 Å². The second kappa shape index (κ2) is 8.51. The van der Waals surface area contributed by atoms with Gasteiger partial charge < -0.3 is 15.2 Å². The molecule has 1 aliphatic rings. The number of rotatable bonds is 6. The van der Waals surface area contributed by atoms with Crippen LogP contribution in [0.1, 0.15) is 31.9 Å². The average molecular weight is 366 g/mol. The number of hydrogen-bond acceptors (Lipinski definition) is 5. The fourth-order valence-corrected chi connectivity index (χ4v) is 2.82. The van der Waals surface area contributed by atoms with Gasteiger partial charge in [0.2, 0.25) is 0 Å². The van der Waals surface area contributed by atoms with Crippen molar-refractivity contribution in [1.82, 2.24) is 5.32 Å². The molecule has 0 spiro atoms. The number of carbonyl (C=O) groups excluding carboxylic acids is 1. The molecule has 2 rings (SSSR count). The molecule has 0 aliphatic carbocycles. The molecular weight excluding hydrogens is 339 g/mol. The number of fused-ring (bicyclic) bond motifs is 1. The molecule has 1 unspecified atom stereocenters. The van der Waals surface area contributed by atoms with E-state index >= 15 is 0 Å². The van der Waals surface area contributed by atoms with Gasteiger partial charge in [-0.1, -0.05) is 12.2 Å². The van der Waals surface area contributed by atoms with Crippen LogP contribution in [0.15, 0.2) is 18.2 Å². The minimum absolute atomic E-state index is 0.178. The van der Waals surface area contributed by atoms with Crippen molar-refractivity contribution < 1.29 is 23.9 Å². The number of ether oxygens (including phenoxy) is 1. The number of halogens is 1. The van der Waals surface area contributed by atoms with Gasteiger partial charge in [0.05, 0.1) is 19.3 Å². The summed E-state index contributed by atoms with van der Waals surface area (Å²) in [6.07, 6.45) is 3.55. The Balaban J connectivity index is 2.13. The van der Waals surface area contributed by atoms with Crippen molar-refractivity contribution in [1.29, 1.82) is 0 Å². The number of aliphatic hydroxyl groups excluding tert-OH is 1. The SMILES string of the molecule is CON1CC=Cc2ccc(F)c(CC(CO)CNC(=O)OC(C)(C)C)c21. The number of nitrogens with zero attached hydrogens (tertiary/aromatic N) is 1. The second-order valence-electron chi connectivity index (χ2n) is 7.25. The van der Waals surface area contributed by atoms with Crippen LogP contribution in [0.2, 0.25) is 0 Å². The lowest BCUT2D eigenvalue weighted by Gasteiger charge is -2.29. The second-order valence-corrected chi connectivity index (χ2v) is 7.25. The molecule has 0 bridgehead atoms. The summed E-state index contributed by atoms with van der Waals surface area (Å²) < 4.78 is 19.7. The molecule has 2 N–H and O–H groups in total. The van der Waals surface area contributed by atoms with Gasteiger partial charge in [-0.05, 0) is 39.3 Å². The molecule has 26 heavy (non-hydrogen) atoms. The number of aliphatic hydroxyl groups is 1. The highest BCUT2D eigenvalue weighted by Crippen LogP contribution is 2.33. The van der Waals surface area contributed by atoms with Crippen LogP contribution in [-0.2, 0) is 16.0 Å². The van der Waals surface area contributed by atoms with E-state index in [9.17, 15) is 14.3 Å². The smallest absolute Gasteiger partial charge is 0.407 e. The van der Waals surface area contributed by atoms with E-state index in [0.717, 1.165) is 5.56 Å². The van der Waals surface area contributed by atoms with E-state index in [2.05, 4.69) is 5.32 Å². The molecule has 0 radical (unpaired) electrons. The van der Waals surface area contributed by atoms with Crippen molar-refractivity contribution >= 4 is 17.9 Å². The van der Waals surface area contributed by atoms with E-state index in [0.29, 0.717) is 17.8 Å². The Morgan fingerprint density at radius 2 is 2.15 bits per heavy atom. The Bertz CT molecular complexity index is 670. The van der Waals surface area contributed by atoms with Gasteiger partial charge in [0.15, 0.2) is 0 Å². The number of alkyl carbamates (subject to hydrolysis) is 1. The molecule has 1 aliphatic heterocycles. The number of amides is 1. The van der Waals surface area contributed by atoms with Crippen LogP contribution in [0.25, 0.3) is 6.08 Å². The van der Waals surface area contributed by atoms with E-state index in [4.69, 9.17) is 9.57 Å². The van der Waals surface area contributed by atoms with Crippen LogP contribution in [0, 0.1) is 11.7 Å². The van der Waals surface area contributed by atoms with Gasteiger partial charge in [-0.2, -0.15) is 0 Å². The van der Waals surface area contributed by atoms with Gasteiger partial charge in [-0.3, -0.25) is 4.84 Å². The highest BCUT2D eigenvalue weighted by atomic mass is 19.1. The van der Waals surface area contributed by atoms with Crippen LogP contribution < -0.4 is 10.4 Å². The number of hydroxylamine groups is 1. The summed E-state index contributed by atoms with van der Waals surface area (Å²) in [5, 5.41) is 13.9. The summed E-state index contributed by atoms with van der Waals surface area (Å²) in [4.78, 5) is 17.1. The summed E-state index contributed by atoms with van der Waals surface area (Å²) >= 11 is 0. The normalized spacial score (nSPS) is 14.8. The summed E-state index contributed by atoms with van der Waals surface area (Å²) in [6, 6.07) is 3.11. The third kappa shape index (κ3) is 5.19. The highest BCUT2D eigenvalue weighted by molar-refractivity contribution is 5.73. The molecule has 0 fully saturated rings. The van der Waals surface area contributed by atoms with Crippen LogP contribution in [-0.4, -0.2) is 43.6 Å². The molecular formula is C19H27FN2O4. The third-order valence-corrected chi connectivity index (χ3v) is 3.98. The van der Waals surface area contributed by atoms with Crippen molar-refractivity contribution in [3.8, 4) is 0 Å². The van der Waals surface area contributed by atoms with Crippen molar-refractivity contribution in [3.05, 3.63) is 35.2 Å². The van der Waals surface area contributed by atoms with Crippen LogP contribution >= 0.6 is 0 Å². The standard InChI is InChI=1S/C19H27FN2O4/c1-19(2,3)26-18(24)21-11-13(12-23)10-15-16(20)8-7-14-6-5-9-22(25-4)17(14)15/h5-8,13,23H,9-12H2,1-4H3,(H,21,24). The molecule has 1 amide bonds. The maximum atomic E-state index is 14.5. The zero-order valence-corrected chi connectivity index (χ0v) is 15.7. The van der Waals surface area contributed by atoms with Gasteiger partial charge in [-0.15, -0.1) is 0 Å². The third-order valence-electron chi connectivity index (χ3n) is 3.98. The predicted molar refractivity (Wildman–Crippen MR) is 98.3 cm³/mol. The molecule has 7 heteroatoms. The topological polar surface area (TPSA) is 71.0 Å². The van der Waals surface area contributed by atoms with E-state index in [1.807, 2.05) is 12.2 Å². The Hall–Kier alpha value is -2.12. The Morgan fingerprint density at radius 3 is 2.77 bits per heavy atom. The number of anilines is 1. The predicted octanol–water partition coefficient (Wildman–Crippen LogP) is 2.90. The maximum Gasteiger partial charge on any atom is 0.407 e. The number of carbonyl (C=O) groups is 1. The lowest BCUT2D eigenvalue weighted by atomic mass is 9.94. The molecule has 6 nitrogen and oxygen atoms in total. The zero-order valence-electron chi connectivity index (χ0n) is 15.7. The van der Waals surface area contributed by atoms with Gasteiger partial charge in [-0.25, -0.2) is 14.2 Å². The molecule has 1 atom stereocenters. The van der Waals surface area contributed by atoms with Crippen LogP contribution in [0.5, 0.6) is 0 Å². The largest absolute Gasteiger partial charge is 0.444 e. The van der Waals surface area contributed by atoms with E-state index < -0.39 is 11.7 Å². The summed E-state index contributed by atoms with van der Waals surface area (Å²) in [6.45, 7) is 5.82. The maximum absolute atomic E-state index is 14.5. The minimum atomic E-state index is -0.602. The lowest BCUT2D eigenvalue weighted by Crippen LogP contribution is -2.37. The van der Waals surface area contributed by atoms with Gasteiger partial charge in [0.25, 0.3) is 0 Å². The molecule has 0 aromatic heterocycles. The first-order valence-electron chi connectivity index (χ1n) is 8.62. The van der Waals surface area contributed by atoms with Gasteiger partial charge >= 0.3 is 6.09 Å². The fourth-order valence-electron chi connectivity index (χ4n) is 2.82. The highest BCUT2D eigenvalue weighted by Gasteiger charge is 2.24. The van der Waals surface area contributed by atoms with Crippen molar-refractivity contribution in [3.63, 3.8) is 0 Å². The fraction of sp³-hybridized carbons (Fsp3) is 0.526. The Kier molecular flexibility index (Phi) is 6.61. The molecule has 1 aromatic carbocycles. The summed E-state index contributed by atoms with van der Waals surface area (Å²) in [5.74, 6) is -0.718. The summed E-state index contributed by atoms with van der Waals surface area (Å²) in [5.41, 5.74) is 1.37. The van der Waals surface area contributed by atoms with Crippen LogP contribution in [0.4, 0.5) is 14.9 Å². The van der Waals surface area contributed by atoms with Crippen LogP contribution in [0.3, 0.4) is 0 Å². The first-order chi connectivity index (χ1) is 12.2. The van der Waals surface area contributed by atoms with Gasteiger partial charge in [0, 0.05) is 30.2 Å². The lowest BCUT2D eigenvalue weighted by molar-refractivity contribution is 0.0512. The van der Waals surface area contributed by atoms with E-state index in [1.54, 1.807) is 31.9 Å². The molecule has 0 saturated heterocycles. The van der Waals surface area contributed by atoms with Crippen molar-refractivity contribution in [2.24, 2.45) is 5.92 Å². The minimum Gasteiger partial charge on any atom is -0.444 e.